The molecule has 3 rings (SSSR count). The van der Waals surface area contributed by atoms with Gasteiger partial charge >= 0.3 is 0 Å². The minimum atomic E-state index is -0.0752. The molecule has 0 saturated heterocycles. The van der Waals surface area contributed by atoms with Crippen molar-refractivity contribution in [3.8, 4) is 5.75 Å². The van der Waals surface area contributed by atoms with E-state index in [9.17, 15) is 4.39 Å². The Morgan fingerprint density at radius 1 is 0.759 bits per heavy atom. The van der Waals surface area contributed by atoms with E-state index in [1.54, 1.807) is 6.07 Å². The lowest BCUT2D eigenvalue weighted by atomic mass is 9.78. The Kier molecular flexibility index (Phi) is 9.34. The van der Waals surface area contributed by atoms with Gasteiger partial charge in [-0.05, 0) is 61.0 Å². The SMILES string of the molecule is CCCC1CCC(CCc2ccc(OCC3CCC(CCC)CC3)cc2F)CC1. The Labute approximate surface area is 178 Å². The van der Waals surface area contributed by atoms with Crippen LogP contribution in [-0.2, 0) is 6.42 Å². The Hall–Kier alpha value is -1.05. The fourth-order valence-corrected chi connectivity index (χ4v) is 5.71. The van der Waals surface area contributed by atoms with Gasteiger partial charge in [-0.2, -0.15) is 0 Å². The van der Waals surface area contributed by atoms with Crippen molar-refractivity contribution in [1.29, 1.82) is 0 Å². The molecule has 2 saturated carbocycles. The molecule has 29 heavy (non-hydrogen) atoms. The van der Waals surface area contributed by atoms with E-state index in [0.29, 0.717) is 11.7 Å². The molecule has 2 aliphatic carbocycles. The van der Waals surface area contributed by atoms with E-state index < -0.39 is 0 Å². The average molecular weight is 403 g/mol. The van der Waals surface area contributed by atoms with Crippen LogP contribution in [-0.4, -0.2) is 6.61 Å². The van der Waals surface area contributed by atoms with Crippen LogP contribution in [0.25, 0.3) is 0 Å². The van der Waals surface area contributed by atoms with Gasteiger partial charge in [0.2, 0.25) is 0 Å². The second-order valence-corrected chi connectivity index (χ2v) is 9.95. The largest absolute Gasteiger partial charge is 0.493 e. The summed E-state index contributed by atoms with van der Waals surface area (Å²) in [7, 11) is 0. The third-order valence-electron chi connectivity index (χ3n) is 7.66. The van der Waals surface area contributed by atoms with Crippen molar-refractivity contribution in [3.05, 3.63) is 29.6 Å². The predicted octanol–water partition coefficient (Wildman–Crippen LogP) is 8.35. The molecule has 0 bridgehead atoms. The summed E-state index contributed by atoms with van der Waals surface area (Å²) in [5.41, 5.74) is 0.869. The molecule has 0 aromatic heterocycles. The zero-order valence-electron chi connectivity index (χ0n) is 18.9. The standard InChI is InChI=1S/C27H43FO/c1-3-5-21-7-9-23(10-8-21)15-16-25-17-18-26(19-27(25)28)29-20-24-13-11-22(6-4-2)12-14-24/h17-19,21-24H,3-16,20H2,1-2H3. The Morgan fingerprint density at radius 3 is 1.79 bits per heavy atom. The number of hydrogen-bond acceptors (Lipinski definition) is 1. The Morgan fingerprint density at radius 2 is 1.28 bits per heavy atom. The maximum Gasteiger partial charge on any atom is 0.130 e. The molecule has 0 radical (unpaired) electrons. The molecule has 0 amide bonds. The molecule has 1 aromatic rings. The topological polar surface area (TPSA) is 9.23 Å². The number of halogens is 1. The number of ether oxygens (including phenoxy) is 1. The Bertz CT molecular complexity index is 582. The molecular formula is C27H43FO. The fraction of sp³-hybridized carbons (Fsp3) is 0.778. The maximum absolute atomic E-state index is 14.6. The van der Waals surface area contributed by atoms with E-state index >= 15 is 0 Å². The van der Waals surface area contributed by atoms with Gasteiger partial charge < -0.3 is 4.74 Å². The van der Waals surface area contributed by atoms with Gasteiger partial charge in [-0.15, -0.1) is 0 Å². The molecule has 1 aromatic carbocycles. The highest BCUT2D eigenvalue weighted by Gasteiger charge is 2.22. The van der Waals surface area contributed by atoms with E-state index in [2.05, 4.69) is 13.8 Å². The van der Waals surface area contributed by atoms with Crippen molar-refractivity contribution >= 4 is 0 Å². The third kappa shape index (κ3) is 7.30. The van der Waals surface area contributed by atoms with Gasteiger partial charge in [0.05, 0.1) is 6.61 Å². The lowest BCUT2D eigenvalue weighted by Crippen LogP contribution is -2.20. The number of rotatable bonds is 10. The number of hydrogen-bond donors (Lipinski definition) is 0. The van der Waals surface area contributed by atoms with Gasteiger partial charge in [0.1, 0.15) is 11.6 Å². The lowest BCUT2D eigenvalue weighted by molar-refractivity contribution is 0.178. The van der Waals surface area contributed by atoms with Gasteiger partial charge in [-0.25, -0.2) is 4.39 Å². The summed E-state index contributed by atoms with van der Waals surface area (Å²) in [6, 6.07) is 5.57. The van der Waals surface area contributed by atoms with Crippen molar-refractivity contribution in [2.24, 2.45) is 23.7 Å². The first-order valence-corrected chi connectivity index (χ1v) is 12.6. The summed E-state index contributed by atoms with van der Waals surface area (Å²) >= 11 is 0. The summed E-state index contributed by atoms with van der Waals surface area (Å²) in [4.78, 5) is 0. The van der Waals surface area contributed by atoms with Crippen molar-refractivity contribution in [1.82, 2.24) is 0 Å². The fourth-order valence-electron chi connectivity index (χ4n) is 5.71. The first-order valence-electron chi connectivity index (χ1n) is 12.6. The van der Waals surface area contributed by atoms with Crippen LogP contribution in [0.1, 0.15) is 103 Å². The molecule has 1 nitrogen and oxygen atoms in total. The smallest absolute Gasteiger partial charge is 0.130 e. The molecule has 0 N–H and O–H groups in total. The molecule has 0 unspecified atom stereocenters. The van der Waals surface area contributed by atoms with Crippen LogP contribution in [0.15, 0.2) is 18.2 Å². The normalized spacial score (nSPS) is 27.7. The highest BCUT2D eigenvalue weighted by molar-refractivity contribution is 5.29. The van der Waals surface area contributed by atoms with E-state index in [1.807, 2.05) is 12.1 Å². The molecule has 2 heteroatoms. The molecule has 164 valence electrons. The zero-order valence-corrected chi connectivity index (χ0v) is 18.9. The van der Waals surface area contributed by atoms with Crippen LogP contribution in [0.5, 0.6) is 5.75 Å². The van der Waals surface area contributed by atoms with Crippen molar-refractivity contribution in [2.45, 2.75) is 104 Å². The summed E-state index contributed by atoms with van der Waals surface area (Å²) in [5.74, 6) is 3.95. The molecule has 0 heterocycles. The molecule has 2 aliphatic rings. The van der Waals surface area contributed by atoms with Crippen molar-refractivity contribution in [2.75, 3.05) is 6.61 Å². The van der Waals surface area contributed by atoms with E-state index in [4.69, 9.17) is 4.74 Å². The maximum atomic E-state index is 14.6. The van der Waals surface area contributed by atoms with Crippen molar-refractivity contribution in [3.63, 3.8) is 0 Å². The second kappa shape index (κ2) is 12.0. The van der Waals surface area contributed by atoms with Crippen LogP contribution in [0.4, 0.5) is 4.39 Å². The van der Waals surface area contributed by atoms with E-state index in [-0.39, 0.29) is 5.82 Å². The molecule has 2 fully saturated rings. The van der Waals surface area contributed by atoms with Crippen molar-refractivity contribution < 1.29 is 9.13 Å². The van der Waals surface area contributed by atoms with Crippen LogP contribution in [0.2, 0.25) is 0 Å². The van der Waals surface area contributed by atoms with Gasteiger partial charge in [0.25, 0.3) is 0 Å². The summed E-state index contributed by atoms with van der Waals surface area (Å²) < 4.78 is 20.6. The summed E-state index contributed by atoms with van der Waals surface area (Å²) in [6.07, 6.45) is 18.1. The summed E-state index contributed by atoms with van der Waals surface area (Å²) in [6.45, 7) is 5.32. The average Bonchev–Trinajstić information content (AvgIpc) is 2.74. The monoisotopic (exact) mass is 402 g/mol. The van der Waals surface area contributed by atoms with Crippen LogP contribution < -0.4 is 4.74 Å². The highest BCUT2D eigenvalue weighted by Crippen LogP contribution is 2.34. The van der Waals surface area contributed by atoms with Gasteiger partial charge in [0.15, 0.2) is 0 Å². The lowest BCUT2D eigenvalue weighted by Gasteiger charge is -2.28. The molecule has 0 spiro atoms. The van der Waals surface area contributed by atoms with E-state index in [0.717, 1.165) is 42.8 Å². The first kappa shape index (κ1) is 22.6. The quantitative estimate of drug-likeness (QED) is 0.382. The molecule has 0 aliphatic heterocycles. The highest BCUT2D eigenvalue weighted by atomic mass is 19.1. The summed E-state index contributed by atoms with van der Waals surface area (Å²) in [5, 5.41) is 0. The minimum Gasteiger partial charge on any atom is -0.493 e. The third-order valence-corrected chi connectivity index (χ3v) is 7.66. The second-order valence-electron chi connectivity index (χ2n) is 9.95. The van der Waals surface area contributed by atoms with Crippen LogP contribution >= 0.6 is 0 Å². The van der Waals surface area contributed by atoms with Gasteiger partial charge in [-0.1, -0.05) is 84.1 Å². The van der Waals surface area contributed by atoms with Gasteiger partial charge in [0, 0.05) is 6.07 Å². The molecular weight excluding hydrogens is 359 g/mol. The number of benzene rings is 1. The zero-order chi connectivity index (χ0) is 20.5. The Balaban J connectivity index is 1.38. The van der Waals surface area contributed by atoms with Gasteiger partial charge in [-0.3, -0.25) is 0 Å². The first-order chi connectivity index (χ1) is 14.2. The molecule has 0 atom stereocenters. The van der Waals surface area contributed by atoms with Crippen LogP contribution in [0.3, 0.4) is 0 Å². The van der Waals surface area contributed by atoms with Crippen LogP contribution in [0, 0.1) is 29.5 Å². The predicted molar refractivity (Wildman–Crippen MR) is 121 cm³/mol. The van der Waals surface area contributed by atoms with E-state index in [1.165, 1.54) is 77.0 Å². The minimum absolute atomic E-state index is 0.0752. The number of aryl methyl sites for hydroxylation is 1.